The molecule has 1 amide bonds. The number of ether oxygens (including phenoxy) is 2. The molecule has 2 aliphatic rings. The van der Waals surface area contributed by atoms with Gasteiger partial charge in [-0.2, -0.15) is 0 Å². The number of halogens is 1. The number of carbonyl (C=O) groups is 1. The summed E-state index contributed by atoms with van der Waals surface area (Å²) in [5, 5.41) is 6.22. The van der Waals surface area contributed by atoms with Crippen molar-refractivity contribution in [3.63, 3.8) is 0 Å². The third-order valence-electron chi connectivity index (χ3n) is 4.49. The van der Waals surface area contributed by atoms with Crippen LogP contribution in [0.25, 0.3) is 0 Å². The highest BCUT2D eigenvalue weighted by atomic mass is 35.5. The lowest BCUT2D eigenvalue weighted by molar-refractivity contribution is -0.121. The second kappa shape index (κ2) is 7.41. The van der Waals surface area contributed by atoms with Crippen molar-refractivity contribution in [2.45, 2.75) is 33.3 Å². The number of hydrogen-bond donors (Lipinski definition) is 2. The minimum absolute atomic E-state index is 0. The Morgan fingerprint density at radius 3 is 2.83 bits per heavy atom. The molecule has 2 N–H and O–H groups in total. The summed E-state index contributed by atoms with van der Waals surface area (Å²) in [6.45, 7) is 8.37. The molecule has 0 aliphatic carbocycles. The quantitative estimate of drug-likeness (QED) is 0.865. The third-order valence-corrected chi connectivity index (χ3v) is 4.49. The fourth-order valence-corrected chi connectivity index (χ4v) is 2.94. The van der Waals surface area contributed by atoms with E-state index in [1.807, 2.05) is 32.9 Å². The van der Waals surface area contributed by atoms with Gasteiger partial charge in [0.25, 0.3) is 0 Å². The SMILES string of the molecule is CCOc1cc2c(cc1NC(=O)C(C)C1CNC1)OC(C)C2.Cl. The van der Waals surface area contributed by atoms with Crippen molar-refractivity contribution in [1.82, 2.24) is 5.32 Å². The van der Waals surface area contributed by atoms with Gasteiger partial charge in [0.15, 0.2) is 0 Å². The van der Waals surface area contributed by atoms with Crippen LogP contribution in [0.5, 0.6) is 11.5 Å². The number of nitrogens with one attached hydrogen (secondary N) is 2. The van der Waals surface area contributed by atoms with Gasteiger partial charge in [-0.15, -0.1) is 12.4 Å². The first-order valence-corrected chi connectivity index (χ1v) is 8.06. The summed E-state index contributed by atoms with van der Waals surface area (Å²) in [4.78, 5) is 12.4. The molecule has 0 radical (unpaired) electrons. The molecular weight excluding hydrogens is 316 g/mol. The first kappa shape index (κ1) is 17.9. The maximum Gasteiger partial charge on any atom is 0.227 e. The maximum absolute atomic E-state index is 12.4. The van der Waals surface area contributed by atoms with Crippen LogP contribution in [0.15, 0.2) is 12.1 Å². The van der Waals surface area contributed by atoms with Gasteiger partial charge >= 0.3 is 0 Å². The van der Waals surface area contributed by atoms with Crippen molar-refractivity contribution in [2.24, 2.45) is 11.8 Å². The van der Waals surface area contributed by atoms with Gasteiger partial charge < -0.3 is 20.1 Å². The molecule has 0 spiro atoms. The van der Waals surface area contributed by atoms with Crippen molar-refractivity contribution >= 4 is 24.0 Å². The van der Waals surface area contributed by atoms with Crippen LogP contribution in [0.1, 0.15) is 26.3 Å². The molecule has 3 rings (SSSR count). The van der Waals surface area contributed by atoms with E-state index in [0.717, 1.165) is 36.6 Å². The first-order valence-electron chi connectivity index (χ1n) is 8.06. The Morgan fingerprint density at radius 1 is 1.48 bits per heavy atom. The van der Waals surface area contributed by atoms with Crippen molar-refractivity contribution in [3.05, 3.63) is 17.7 Å². The second-order valence-electron chi connectivity index (χ2n) is 6.22. The van der Waals surface area contributed by atoms with E-state index >= 15 is 0 Å². The molecule has 1 aromatic carbocycles. The summed E-state index contributed by atoms with van der Waals surface area (Å²) in [7, 11) is 0. The van der Waals surface area contributed by atoms with Crippen LogP contribution < -0.4 is 20.1 Å². The highest BCUT2D eigenvalue weighted by Gasteiger charge is 2.30. The zero-order valence-electron chi connectivity index (χ0n) is 13.8. The molecule has 0 bridgehead atoms. The van der Waals surface area contributed by atoms with Crippen molar-refractivity contribution in [2.75, 3.05) is 25.0 Å². The molecule has 2 aliphatic heterocycles. The summed E-state index contributed by atoms with van der Waals surface area (Å²) >= 11 is 0. The third kappa shape index (κ3) is 3.72. The van der Waals surface area contributed by atoms with E-state index in [4.69, 9.17) is 9.47 Å². The van der Waals surface area contributed by atoms with Crippen LogP contribution in [-0.2, 0) is 11.2 Å². The summed E-state index contributed by atoms with van der Waals surface area (Å²) in [6.07, 6.45) is 1.06. The molecule has 23 heavy (non-hydrogen) atoms. The van der Waals surface area contributed by atoms with Crippen molar-refractivity contribution in [3.8, 4) is 11.5 Å². The van der Waals surface area contributed by atoms with Gasteiger partial charge in [0, 0.05) is 24.0 Å². The van der Waals surface area contributed by atoms with Gasteiger partial charge in [0.2, 0.25) is 5.91 Å². The van der Waals surface area contributed by atoms with Crippen LogP contribution in [0, 0.1) is 11.8 Å². The Balaban J connectivity index is 0.00000192. The predicted molar refractivity (Wildman–Crippen MR) is 92.8 cm³/mol. The zero-order valence-corrected chi connectivity index (χ0v) is 14.7. The van der Waals surface area contributed by atoms with Gasteiger partial charge in [-0.25, -0.2) is 0 Å². The van der Waals surface area contributed by atoms with E-state index in [1.165, 1.54) is 0 Å². The van der Waals surface area contributed by atoms with Gasteiger partial charge in [-0.1, -0.05) is 6.92 Å². The Labute approximate surface area is 143 Å². The van der Waals surface area contributed by atoms with Crippen LogP contribution in [-0.4, -0.2) is 31.7 Å². The molecule has 1 saturated heterocycles. The average Bonchev–Trinajstić information content (AvgIpc) is 2.76. The number of carbonyl (C=O) groups excluding carboxylic acids is 1. The Morgan fingerprint density at radius 2 is 2.22 bits per heavy atom. The van der Waals surface area contributed by atoms with E-state index in [9.17, 15) is 4.79 Å². The molecule has 2 atom stereocenters. The monoisotopic (exact) mass is 340 g/mol. The Kier molecular flexibility index (Phi) is 5.76. The molecule has 2 heterocycles. The van der Waals surface area contributed by atoms with Gasteiger partial charge in [-0.05, 0) is 38.9 Å². The summed E-state index contributed by atoms with van der Waals surface area (Å²) in [6, 6.07) is 3.89. The number of anilines is 1. The largest absolute Gasteiger partial charge is 0.492 e. The second-order valence-corrected chi connectivity index (χ2v) is 6.22. The minimum atomic E-state index is -0.0103. The summed E-state index contributed by atoms with van der Waals surface area (Å²) < 4.78 is 11.5. The molecule has 0 aromatic heterocycles. The smallest absolute Gasteiger partial charge is 0.227 e. The van der Waals surface area contributed by atoms with Crippen LogP contribution in [0.3, 0.4) is 0 Å². The van der Waals surface area contributed by atoms with Crippen molar-refractivity contribution < 1.29 is 14.3 Å². The minimum Gasteiger partial charge on any atom is -0.492 e. The Hall–Kier alpha value is -1.46. The van der Waals surface area contributed by atoms with Crippen molar-refractivity contribution in [1.29, 1.82) is 0 Å². The fourth-order valence-electron chi connectivity index (χ4n) is 2.94. The molecule has 6 heteroatoms. The van der Waals surface area contributed by atoms with E-state index in [-0.39, 0.29) is 30.3 Å². The zero-order chi connectivity index (χ0) is 15.7. The fraction of sp³-hybridized carbons (Fsp3) is 0.588. The van der Waals surface area contributed by atoms with Gasteiger partial charge in [0.1, 0.15) is 17.6 Å². The number of benzene rings is 1. The number of hydrogen-bond acceptors (Lipinski definition) is 4. The predicted octanol–water partition coefficient (Wildman–Crippen LogP) is 2.62. The number of fused-ring (bicyclic) bond motifs is 1. The van der Waals surface area contributed by atoms with Crippen LogP contribution in [0.2, 0.25) is 0 Å². The van der Waals surface area contributed by atoms with E-state index < -0.39 is 0 Å². The van der Waals surface area contributed by atoms with E-state index in [2.05, 4.69) is 10.6 Å². The number of rotatable bonds is 5. The highest BCUT2D eigenvalue weighted by Crippen LogP contribution is 2.38. The first-order chi connectivity index (χ1) is 10.6. The van der Waals surface area contributed by atoms with Gasteiger partial charge in [0.05, 0.1) is 12.3 Å². The molecule has 5 nitrogen and oxygen atoms in total. The summed E-state index contributed by atoms with van der Waals surface area (Å²) in [5.41, 5.74) is 1.85. The lowest BCUT2D eigenvalue weighted by Gasteiger charge is -2.31. The number of amides is 1. The normalized spacial score (nSPS) is 20.6. The molecule has 1 aromatic rings. The van der Waals surface area contributed by atoms with Crippen LogP contribution in [0.4, 0.5) is 5.69 Å². The molecule has 0 saturated carbocycles. The highest BCUT2D eigenvalue weighted by molar-refractivity contribution is 5.94. The topological polar surface area (TPSA) is 59.6 Å². The lowest BCUT2D eigenvalue weighted by Crippen LogP contribution is -2.48. The van der Waals surface area contributed by atoms with Crippen LogP contribution >= 0.6 is 12.4 Å². The van der Waals surface area contributed by atoms with E-state index in [1.54, 1.807) is 0 Å². The van der Waals surface area contributed by atoms with Gasteiger partial charge in [-0.3, -0.25) is 4.79 Å². The Bertz CT molecular complexity index is 575. The molecule has 128 valence electrons. The summed E-state index contributed by atoms with van der Waals surface area (Å²) in [5.74, 6) is 2.03. The standard InChI is InChI=1S/C17H24N2O3.ClH/c1-4-21-16-6-12-5-10(2)22-15(12)7-14(16)19-17(20)11(3)13-8-18-9-13;/h6-7,10-11,13,18H,4-5,8-9H2,1-3H3,(H,19,20);1H. The molecule has 2 unspecified atom stereocenters. The molecular formula is C17H25ClN2O3. The average molecular weight is 341 g/mol. The lowest BCUT2D eigenvalue weighted by atomic mass is 9.88. The van der Waals surface area contributed by atoms with E-state index in [0.29, 0.717) is 18.2 Å². The maximum atomic E-state index is 12.4. The molecule has 1 fully saturated rings.